The van der Waals surface area contributed by atoms with E-state index in [1.54, 1.807) is 12.5 Å². The van der Waals surface area contributed by atoms with E-state index in [-0.39, 0.29) is 5.82 Å². The molecule has 2 aliphatic heterocycles. The second-order valence-electron chi connectivity index (χ2n) is 6.38. The van der Waals surface area contributed by atoms with Crippen LogP contribution in [0.25, 0.3) is 0 Å². The molecule has 3 heterocycles. The lowest BCUT2D eigenvalue weighted by molar-refractivity contribution is 0.0255. The maximum atomic E-state index is 13.0. The molecular weight excluding hydrogens is 295 g/mol. The molecule has 0 amide bonds. The van der Waals surface area contributed by atoms with Gasteiger partial charge in [0.25, 0.3) is 0 Å². The molecule has 1 aromatic heterocycles. The Kier molecular flexibility index (Phi) is 4.01. The Hall–Kier alpha value is -1.92. The maximum absolute atomic E-state index is 13.0. The SMILES string of the molecule is Fc1ccc(N2CCN(C3CN(Cc4cnoc4)C3)CC2)cc1. The normalized spacial score (nSPS) is 20.7. The van der Waals surface area contributed by atoms with Crippen molar-refractivity contribution in [1.82, 2.24) is 15.0 Å². The van der Waals surface area contributed by atoms with E-state index in [4.69, 9.17) is 4.52 Å². The zero-order valence-corrected chi connectivity index (χ0v) is 13.1. The summed E-state index contributed by atoms with van der Waals surface area (Å²) >= 11 is 0. The van der Waals surface area contributed by atoms with Gasteiger partial charge in [0.15, 0.2) is 0 Å². The molecule has 0 saturated carbocycles. The Morgan fingerprint density at radius 2 is 1.83 bits per heavy atom. The largest absolute Gasteiger partial charge is 0.369 e. The van der Waals surface area contributed by atoms with Crippen molar-refractivity contribution < 1.29 is 8.91 Å². The van der Waals surface area contributed by atoms with Crippen molar-refractivity contribution in [3.8, 4) is 0 Å². The van der Waals surface area contributed by atoms with Crippen LogP contribution in [-0.2, 0) is 6.54 Å². The first kappa shape index (κ1) is 14.7. The first-order chi connectivity index (χ1) is 11.3. The summed E-state index contributed by atoms with van der Waals surface area (Å²) in [5.41, 5.74) is 2.26. The Labute approximate surface area is 135 Å². The van der Waals surface area contributed by atoms with E-state index in [1.807, 2.05) is 12.1 Å². The van der Waals surface area contributed by atoms with Crippen LogP contribution in [0.15, 0.2) is 41.2 Å². The van der Waals surface area contributed by atoms with Crippen molar-refractivity contribution in [3.05, 3.63) is 48.1 Å². The summed E-state index contributed by atoms with van der Waals surface area (Å²) in [6.45, 7) is 7.31. The molecule has 0 atom stereocenters. The van der Waals surface area contributed by atoms with Crippen LogP contribution in [-0.4, -0.2) is 60.3 Å². The van der Waals surface area contributed by atoms with Gasteiger partial charge in [-0.05, 0) is 24.3 Å². The predicted octanol–water partition coefficient (Wildman–Crippen LogP) is 1.82. The summed E-state index contributed by atoms with van der Waals surface area (Å²) in [5, 5.41) is 3.74. The fourth-order valence-corrected chi connectivity index (χ4v) is 3.46. The van der Waals surface area contributed by atoms with Crippen LogP contribution in [0, 0.1) is 5.82 Å². The van der Waals surface area contributed by atoms with Gasteiger partial charge in [-0.15, -0.1) is 0 Å². The number of halogens is 1. The summed E-state index contributed by atoms with van der Waals surface area (Å²) in [4.78, 5) is 7.33. The lowest BCUT2D eigenvalue weighted by atomic mass is 10.1. The third-order valence-corrected chi connectivity index (χ3v) is 4.85. The molecule has 0 radical (unpaired) electrons. The molecule has 0 unspecified atom stereocenters. The molecule has 0 bridgehead atoms. The number of benzene rings is 1. The first-order valence-corrected chi connectivity index (χ1v) is 8.13. The minimum Gasteiger partial charge on any atom is -0.369 e. The Morgan fingerprint density at radius 3 is 2.48 bits per heavy atom. The third kappa shape index (κ3) is 3.23. The second kappa shape index (κ2) is 6.29. The summed E-state index contributed by atoms with van der Waals surface area (Å²) in [7, 11) is 0. The van der Waals surface area contributed by atoms with E-state index in [2.05, 4.69) is 19.9 Å². The average Bonchev–Trinajstić information content (AvgIpc) is 3.05. The van der Waals surface area contributed by atoms with Crippen molar-refractivity contribution in [1.29, 1.82) is 0 Å². The highest BCUT2D eigenvalue weighted by atomic mass is 19.1. The van der Waals surface area contributed by atoms with Crippen molar-refractivity contribution in [2.75, 3.05) is 44.2 Å². The van der Waals surface area contributed by atoms with Crippen LogP contribution in [0.2, 0.25) is 0 Å². The molecule has 23 heavy (non-hydrogen) atoms. The number of hydrogen-bond acceptors (Lipinski definition) is 5. The highest BCUT2D eigenvalue weighted by molar-refractivity contribution is 5.46. The molecule has 2 aromatic rings. The number of likely N-dealkylation sites (tertiary alicyclic amines) is 1. The van der Waals surface area contributed by atoms with E-state index in [1.165, 1.54) is 12.1 Å². The number of hydrogen-bond donors (Lipinski definition) is 0. The molecule has 122 valence electrons. The van der Waals surface area contributed by atoms with Gasteiger partial charge in [0.1, 0.15) is 12.1 Å². The van der Waals surface area contributed by atoms with Gasteiger partial charge in [0.2, 0.25) is 0 Å². The number of rotatable bonds is 4. The Bertz CT molecular complexity index is 617. The summed E-state index contributed by atoms with van der Waals surface area (Å²) < 4.78 is 17.9. The first-order valence-electron chi connectivity index (χ1n) is 8.13. The standard InChI is InChI=1S/C17H21FN4O/c18-15-1-3-16(4-2-15)21-5-7-22(8-6-21)17-11-20(12-17)10-14-9-19-23-13-14/h1-4,9,13,17H,5-8,10-12H2. The minimum atomic E-state index is -0.172. The van der Waals surface area contributed by atoms with Crippen LogP contribution in [0.4, 0.5) is 10.1 Å². The zero-order valence-electron chi connectivity index (χ0n) is 13.1. The molecule has 4 rings (SSSR count). The molecule has 0 N–H and O–H groups in total. The fourth-order valence-electron chi connectivity index (χ4n) is 3.46. The van der Waals surface area contributed by atoms with Gasteiger partial charge in [-0.2, -0.15) is 0 Å². The van der Waals surface area contributed by atoms with Gasteiger partial charge in [0, 0.05) is 63.1 Å². The summed E-state index contributed by atoms with van der Waals surface area (Å²) in [5.74, 6) is -0.172. The third-order valence-electron chi connectivity index (χ3n) is 4.85. The van der Waals surface area contributed by atoms with E-state index in [9.17, 15) is 4.39 Å². The van der Waals surface area contributed by atoms with Crippen molar-refractivity contribution in [2.45, 2.75) is 12.6 Å². The molecule has 2 fully saturated rings. The van der Waals surface area contributed by atoms with Gasteiger partial charge in [-0.25, -0.2) is 4.39 Å². The highest BCUT2D eigenvalue weighted by Gasteiger charge is 2.33. The zero-order chi connectivity index (χ0) is 15.6. The molecule has 2 aliphatic rings. The molecule has 1 aromatic carbocycles. The second-order valence-corrected chi connectivity index (χ2v) is 6.38. The number of aromatic nitrogens is 1. The number of piperazine rings is 1. The Balaban J connectivity index is 1.24. The average molecular weight is 316 g/mol. The summed E-state index contributed by atoms with van der Waals surface area (Å²) in [6, 6.07) is 7.47. The van der Waals surface area contributed by atoms with E-state index in [0.29, 0.717) is 6.04 Å². The smallest absolute Gasteiger partial charge is 0.128 e. The van der Waals surface area contributed by atoms with Crippen LogP contribution in [0.1, 0.15) is 5.56 Å². The summed E-state index contributed by atoms with van der Waals surface area (Å²) in [6.07, 6.45) is 3.50. The Morgan fingerprint density at radius 1 is 1.09 bits per heavy atom. The molecule has 2 saturated heterocycles. The monoisotopic (exact) mass is 316 g/mol. The van der Waals surface area contributed by atoms with E-state index in [0.717, 1.165) is 57.1 Å². The van der Waals surface area contributed by atoms with Gasteiger partial charge < -0.3 is 9.42 Å². The van der Waals surface area contributed by atoms with Crippen LogP contribution < -0.4 is 4.90 Å². The maximum Gasteiger partial charge on any atom is 0.128 e. The van der Waals surface area contributed by atoms with Crippen LogP contribution in [0.5, 0.6) is 0 Å². The molecule has 5 nitrogen and oxygen atoms in total. The van der Waals surface area contributed by atoms with Crippen LogP contribution >= 0.6 is 0 Å². The predicted molar refractivity (Wildman–Crippen MR) is 85.8 cm³/mol. The molecule has 0 aliphatic carbocycles. The molecule has 6 heteroatoms. The van der Waals surface area contributed by atoms with Crippen molar-refractivity contribution in [2.24, 2.45) is 0 Å². The minimum absolute atomic E-state index is 0.172. The lowest BCUT2D eigenvalue weighted by Gasteiger charge is -2.48. The van der Waals surface area contributed by atoms with Crippen molar-refractivity contribution >= 4 is 5.69 Å². The molecule has 0 spiro atoms. The van der Waals surface area contributed by atoms with Gasteiger partial charge in [0.05, 0.1) is 6.20 Å². The van der Waals surface area contributed by atoms with E-state index < -0.39 is 0 Å². The lowest BCUT2D eigenvalue weighted by Crippen LogP contribution is -2.62. The number of nitrogens with zero attached hydrogens (tertiary/aromatic N) is 4. The van der Waals surface area contributed by atoms with Gasteiger partial charge >= 0.3 is 0 Å². The quantitative estimate of drug-likeness (QED) is 0.860. The van der Waals surface area contributed by atoms with Gasteiger partial charge in [-0.3, -0.25) is 9.80 Å². The van der Waals surface area contributed by atoms with Crippen LogP contribution in [0.3, 0.4) is 0 Å². The molecular formula is C17H21FN4O. The van der Waals surface area contributed by atoms with Crippen molar-refractivity contribution in [3.63, 3.8) is 0 Å². The topological polar surface area (TPSA) is 35.8 Å². The number of anilines is 1. The fraction of sp³-hybridized carbons (Fsp3) is 0.471. The highest BCUT2D eigenvalue weighted by Crippen LogP contribution is 2.22. The van der Waals surface area contributed by atoms with E-state index >= 15 is 0 Å². The van der Waals surface area contributed by atoms with Gasteiger partial charge in [-0.1, -0.05) is 5.16 Å².